The van der Waals surface area contributed by atoms with Crippen LogP contribution < -0.4 is 10.5 Å². The Hall–Kier alpha value is -2.58. The molecule has 0 bridgehead atoms. The van der Waals surface area contributed by atoms with Gasteiger partial charge in [0.15, 0.2) is 5.82 Å². The number of aliphatic imine (C=N–C) groups is 1. The maximum atomic E-state index is 12.7. The Morgan fingerprint density at radius 1 is 1.38 bits per heavy atom. The van der Waals surface area contributed by atoms with Gasteiger partial charge in [-0.25, -0.2) is 8.78 Å². The molecule has 0 aliphatic heterocycles. The standard InChI is InChI=1S/C20H25F2N5O2/c1-11-25-19(27-29-11)20(2,8-12-3-4-12)26-18(23)15-7-16(28-10-17(21)22)14(9-24-15)13-5-6-13/h7,9,12-13,17H,3-6,8,10H2,1-2H3,(H2,23,26). The number of halogens is 2. The minimum atomic E-state index is -2.55. The van der Waals surface area contributed by atoms with Crippen molar-refractivity contribution in [2.45, 2.75) is 63.8 Å². The normalized spacial score (nSPS) is 19.4. The molecule has 2 fully saturated rings. The zero-order valence-corrected chi connectivity index (χ0v) is 16.6. The highest BCUT2D eigenvalue weighted by Gasteiger charge is 2.38. The molecular weight excluding hydrogens is 380 g/mol. The molecule has 1 atom stereocenters. The Morgan fingerprint density at radius 3 is 2.72 bits per heavy atom. The average molecular weight is 405 g/mol. The average Bonchev–Trinajstić information content (AvgIpc) is 3.60. The highest BCUT2D eigenvalue weighted by molar-refractivity contribution is 5.96. The van der Waals surface area contributed by atoms with Gasteiger partial charge in [0.1, 0.15) is 29.4 Å². The van der Waals surface area contributed by atoms with Gasteiger partial charge in [0.05, 0.1) is 0 Å². The number of hydrogen-bond donors (Lipinski definition) is 1. The molecule has 4 rings (SSSR count). The van der Waals surface area contributed by atoms with Gasteiger partial charge in [0, 0.05) is 24.8 Å². The van der Waals surface area contributed by atoms with Crippen molar-refractivity contribution >= 4 is 5.84 Å². The van der Waals surface area contributed by atoms with Crippen LogP contribution >= 0.6 is 0 Å². The second-order valence-electron chi connectivity index (χ2n) is 8.14. The van der Waals surface area contributed by atoms with Gasteiger partial charge in [-0.15, -0.1) is 0 Å². The fourth-order valence-electron chi connectivity index (χ4n) is 3.48. The summed E-state index contributed by atoms with van der Waals surface area (Å²) in [6, 6.07) is 1.61. The fraction of sp³-hybridized carbons (Fsp3) is 0.600. The maximum Gasteiger partial charge on any atom is 0.272 e. The molecule has 0 amide bonds. The zero-order chi connectivity index (χ0) is 20.6. The Morgan fingerprint density at radius 2 is 2.14 bits per heavy atom. The van der Waals surface area contributed by atoms with Gasteiger partial charge in [-0.3, -0.25) is 9.98 Å². The van der Waals surface area contributed by atoms with Crippen molar-refractivity contribution in [3.8, 4) is 5.75 Å². The molecule has 0 aromatic carbocycles. The summed E-state index contributed by atoms with van der Waals surface area (Å²) in [5.74, 6) is 2.39. The molecule has 2 aromatic heterocycles. The SMILES string of the molecule is Cc1nc(C(C)(CC2CC2)N=C(N)c2cc(OCC(F)F)c(C3CC3)cn2)no1. The smallest absolute Gasteiger partial charge is 0.272 e. The molecule has 2 heterocycles. The maximum absolute atomic E-state index is 12.7. The number of ether oxygens (including phenoxy) is 1. The number of amidine groups is 1. The number of rotatable bonds is 9. The lowest BCUT2D eigenvalue weighted by Gasteiger charge is -2.22. The summed E-state index contributed by atoms with van der Waals surface area (Å²) >= 11 is 0. The van der Waals surface area contributed by atoms with E-state index in [9.17, 15) is 8.78 Å². The second-order valence-corrected chi connectivity index (χ2v) is 8.14. The van der Waals surface area contributed by atoms with Gasteiger partial charge >= 0.3 is 0 Å². The monoisotopic (exact) mass is 405 g/mol. The topological polar surface area (TPSA) is 99.4 Å². The third kappa shape index (κ3) is 4.71. The Kier molecular flexibility index (Phi) is 5.23. The van der Waals surface area contributed by atoms with Gasteiger partial charge in [-0.05, 0) is 38.0 Å². The molecule has 156 valence electrons. The fourth-order valence-corrected chi connectivity index (χ4v) is 3.48. The lowest BCUT2D eigenvalue weighted by atomic mass is 9.94. The van der Waals surface area contributed by atoms with Crippen LogP contribution in [0.5, 0.6) is 5.75 Å². The Labute approximate surface area is 167 Å². The van der Waals surface area contributed by atoms with Crippen LogP contribution in [-0.2, 0) is 5.54 Å². The molecule has 2 aromatic rings. The number of aromatic nitrogens is 3. The molecule has 0 radical (unpaired) electrons. The van der Waals surface area contributed by atoms with Crippen LogP contribution in [0.2, 0.25) is 0 Å². The van der Waals surface area contributed by atoms with Crippen molar-refractivity contribution < 1.29 is 18.0 Å². The van der Waals surface area contributed by atoms with Crippen LogP contribution in [0.1, 0.15) is 67.9 Å². The van der Waals surface area contributed by atoms with Crippen molar-refractivity contribution in [1.82, 2.24) is 15.1 Å². The minimum absolute atomic E-state index is 0.194. The van der Waals surface area contributed by atoms with Crippen molar-refractivity contribution in [2.24, 2.45) is 16.6 Å². The van der Waals surface area contributed by atoms with E-state index in [2.05, 4.69) is 15.1 Å². The molecule has 2 aliphatic rings. The van der Waals surface area contributed by atoms with Crippen LogP contribution in [0.3, 0.4) is 0 Å². The Bertz CT molecular complexity index is 908. The lowest BCUT2D eigenvalue weighted by Crippen LogP contribution is -2.28. The van der Waals surface area contributed by atoms with E-state index in [-0.39, 0.29) is 5.84 Å². The van der Waals surface area contributed by atoms with Crippen molar-refractivity contribution in [1.29, 1.82) is 0 Å². The first-order valence-electron chi connectivity index (χ1n) is 9.91. The van der Waals surface area contributed by atoms with E-state index >= 15 is 0 Å². The van der Waals surface area contributed by atoms with Gasteiger partial charge < -0.3 is 15.0 Å². The molecular formula is C20H25F2N5O2. The molecule has 2 saturated carbocycles. The van der Waals surface area contributed by atoms with E-state index in [0.717, 1.165) is 37.7 Å². The number of hydrogen-bond acceptors (Lipinski definition) is 6. The van der Waals surface area contributed by atoms with Crippen molar-refractivity contribution in [2.75, 3.05) is 6.61 Å². The third-order valence-electron chi connectivity index (χ3n) is 5.30. The van der Waals surface area contributed by atoms with E-state index in [4.69, 9.17) is 20.0 Å². The molecule has 0 spiro atoms. The van der Waals surface area contributed by atoms with Gasteiger partial charge in [-0.2, -0.15) is 4.98 Å². The first kappa shape index (κ1) is 19.7. The molecule has 2 N–H and O–H groups in total. The van der Waals surface area contributed by atoms with Crippen LogP contribution in [0.15, 0.2) is 21.8 Å². The number of alkyl halides is 2. The zero-order valence-electron chi connectivity index (χ0n) is 16.6. The lowest BCUT2D eigenvalue weighted by molar-refractivity contribution is 0.0813. The van der Waals surface area contributed by atoms with E-state index in [1.165, 1.54) is 0 Å². The predicted octanol–water partition coefficient (Wildman–Crippen LogP) is 3.72. The summed E-state index contributed by atoms with van der Waals surface area (Å²) in [4.78, 5) is 13.5. The van der Waals surface area contributed by atoms with Crippen LogP contribution in [0.4, 0.5) is 8.78 Å². The molecule has 0 saturated heterocycles. The van der Waals surface area contributed by atoms with E-state index in [1.54, 1.807) is 19.2 Å². The summed E-state index contributed by atoms with van der Waals surface area (Å²) in [6.07, 6.45) is 4.16. The van der Waals surface area contributed by atoms with Crippen LogP contribution in [0, 0.1) is 12.8 Å². The number of pyridine rings is 1. The predicted molar refractivity (Wildman–Crippen MR) is 102 cm³/mol. The van der Waals surface area contributed by atoms with Crippen LogP contribution in [-0.4, -0.2) is 34.0 Å². The highest BCUT2D eigenvalue weighted by atomic mass is 19.3. The van der Waals surface area contributed by atoms with E-state index in [1.807, 2.05) is 6.92 Å². The summed E-state index contributed by atoms with van der Waals surface area (Å²) < 4.78 is 35.8. The number of nitrogens with zero attached hydrogens (tertiary/aromatic N) is 4. The highest BCUT2D eigenvalue weighted by Crippen LogP contribution is 2.44. The van der Waals surface area contributed by atoms with Gasteiger partial charge in [0.2, 0.25) is 5.89 Å². The quantitative estimate of drug-likeness (QED) is 0.504. The third-order valence-corrected chi connectivity index (χ3v) is 5.30. The van der Waals surface area contributed by atoms with Gasteiger partial charge in [0.25, 0.3) is 6.43 Å². The molecule has 29 heavy (non-hydrogen) atoms. The molecule has 9 heteroatoms. The van der Waals surface area contributed by atoms with Crippen molar-refractivity contribution in [3.05, 3.63) is 35.2 Å². The molecule has 2 aliphatic carbocycles. The molecule has 7 nitrogen and oxygen atoms in total. The minimum Gasteiger partial charge on any atom is -0.487 e. The summed E-state index contributed by atoms with van der Waals surface area (Å²) in [6.45, 7) is 2.99. The number of nitrogens with two attached hydrogens (primary N) is 1. The first-order valence-corrected chi connectivity index (χ1v) is 9.91. The molecule has 1 unspecified atom stereocenters. The second kappa shape index (κ2) is 7.68. The van der Waals surface area contributed by atoms with E-state index in [0.29, 0.717) is 35.0 Å². The van der Waals surface area contributed by atoms with Gasteiger partial charge in [-0.1, -0.05) is 18.0 Å². The summed E-state index contributed by atoms with van der Waals surface area (Å²) in [5.41, 5.74) is 6.77. The van der Waals surface area contributed by atoms with Crippen molar-refractivity contribution in [3.63, 3.8) is 0 Å². The number of aryl methyl sites for hydroxylation is 1. The summed E-state index contributed by atoms with van der Waals surface area (Å²) in [5, 5.41) is 4.05. The van der Waals surface area contributed by atoms with Crippen LogP contribution in [0.25, 0.3) is 0 Å². The first-order chi connectivity index (χ1) is 13.8. The Balaban J connectivity index is 1.64. The largest absolute Gasteiger partial charge is 0.487 e. The van der Waals surface area contributed by atoms with E-state index < -0.39 is 18.6 Å². The summed E-state index contributed by atoms with van der Waals surface area (Å²) in [7, 11) is 0.